The molecule has 0 aliphatic carbocycles. The molecule has 0 fully saturated rings. The molecule has 7 heteroatoms. The first-order valence-electron chi connectivity index (χ1n) is 7.60. The molecule has 0 aliphatic rings. The van der Waals surface area contributed by atoms with Crippen LogP contribution in [0.15, 0.2) is 4.90 Å². The minimum absolute atomic E-state index is 0.0150. The van der Waals surface area contributed by atoms with Crippen LogP contribution in [0, 0.1) is 34.6 Å². The van der Waals surface area contributed by atoms with Crippen molar-refractivity contribution in [2.24, 2.45) is 0 Å². The molecule has 0 radical (unpaired) electrons. The molecule has 1 aromatic carbocycles. The maximum Gasteiger partial charge on any atom is 0.244 e. The third-order valence-corrected chi connectivity index (χ3v) is 5.91. The molecule has 0 atom stereocenters. The summed E-state index contributed by atoms with van der Waals surface area (Å²) >= 11 is 0. The van der Waals surface area contributed by atoms with E-state index in [9.17, 15) is 13.2 Å². The summed E-state index contributed by atoms with van der Waals surface area (Å²) in [5.41, 5.74) is 6.78. The van der Waals surface area contributed by atoms with Gasteiger partial charge in [-0.2, -0.15) is 0 Å². The number of sulfonamides is 1. The van der Waals surface area contributed by atoms with E-state index in [4.69, 9.17) is 4.84 Å². The summed E-state index contributed by atoms with van der Waals surface area (Å²) in [6.45, 7) is 11.6. The Morgan fingerprint density at radius 1 is 0.957 bits per heavy atom. The summed E-state index contributed by atoms with van der Waals surface area (Å²) in [4.78, 5) is 16.5. The van der Waals surface area contributed by atoms with Crippen LogP contribution in [0.3, 0.4) is 0 Å². The summed E-state index contributed by atoms with van der Waals surface area (Å²) in [6.07, 6.45) is 0.0150. The average Bonchev–Trinajstić information content (AvgIpc) is 2.48. The van der Waals surface area contributed by atoms with Gasteiger partial charge in [0.1, 0.15) is 0 Å². The standard InChI is InChI=1S/C16H26N2O4S/c1-7-22-18-15(19)8-9-17-23(20,21)16-13(5)11(3)10(2)12(4)14(16)6/h17H,7-9H2,1-6H3,(H,18,19). The molecule has 0 saturated heterocycles. The molecule has 1 aromatic rings. The van der Waals surface area contributed by atoms with Gasteiger partial charge in [-0.15, -0.1) is 0 Å². The Labute approximate surface area is 138 Å². The fraction of sp³-hybridized carbons (Fsp3) is 0.562. The lowest BCUT2D eigenvalue weighted by Crippen LogP contribution is -2.31. The van der Waals surface area contributed by atoms with E-state index in [0.29, 0.717) is 11.5 Å². The first kappa shape index (κ1) is 19.6. The Balaban J connectivity index is 2.96. The molecule has 6 nitrogen and oxygen atoms in total. The van der Waals surface area contributed by atoms with E-state index in [1.54, 1.807) is 6.92 Å². The lowest BCUT2D eigenvalue weighted by molar-refractivity contribution is -0.132. The number of rotatable bonds is 7. The van der Waals surface area contributed by atoms with Crippen LogP contribution in [0.25, 0.3) is 0 Å². The maximum atomic E-state index is 12.6. The van der Waals surface area contributed by atoms with Crippen molar-refractivity contribution < 1.29 is 18.0 Å². The van der Waals surface area contributed by atoms with Gasteiger partial charge >= 0.3 is 0 Å². The fourth-order valence-corrected chi connectivity index (χ4v) is 4.07. The number of amides is 1. The highest BCUT2D eigenvalue weighted by Crippen LogP contribution is 2.29. The predicted molar refractivity (Wildman–Crippen MR) is 89.7 cm³/mol. The molecular weight excluding hydrogens is 316 g/mol. The number of nitrogens with one attached hydrogen (secondary N) is 2. The average molecular weight is 342 g/mol. The third kappa shape index (κ3) is 4.53. The molecule has 0 aromatic heterocycles. The lowest BCUT2D eigenvalue weighted by atomic mass is 9.95. The largest absolute Gasteiger partial charge is 0.274 e. The zero-order valence-corrected chi connectivity index (χ0v) is 15.5. The predicted octanol–water partition coefficient (Wildman–Crippen LogP) is 1.96. The van der Waals surface area contributed by atoms with E-state index in [0.717, 1.165) is 27.8 Å². The number of carbonyl (C=O) groups excluding carboxylic acids is 1. The van der Waals surface area contributed by atoms with Gasteiger partial charge in [0, 0.05) is 13.0 Å². The molecule has 0 spiro atoms. The monoisotopic (exact) mass is 342 g/mol. The van der Waals surface area contributed by atoms with Crippen molar-refractivity contribution in [2.75, 3.05) is 13.2 Å². The molecule has 0 unspecified atom stereocenters. The van der Waals surface area contributed by atoms with Crippen LogP contribution in [0.5, 0.6) is 0 Å². The van der Waals surface area contributed by atoms with Gasteiger partial charge in [0.2, 0.25) is 15.9 Å². The quantitative estimate of drug-likeness (QED) is 0.742. The zero-order valence-electron chi connectivity index (χ0n) is 14.7. The van der Waals surface area contributed by atoms with Gasteiger partial charge in [-0.05, 0) is 69.4 Å². The Kier molecular flexibility index (Phi) is 6.73. The second-order valence-corrected chi connectivity index (χ2v) is 7.26. The van der Waals surface area contributed by atoms with Gasteiger partial charge in [-0.1, -0.05) is 0 Å². The van der Waals surface area contributed by atoms with E-state index in [2.05, 4.69) is 10.2 Å². The van der Waals surface area contributed by atoms with Gasteiger partial charge in [-0.25, -0.2) is 18.6 Å². The number of hydrogen-bond donors (Lipinski definition) is 2. The van der Waals surface area contributed by atoms with E-state index in [-0.39, 0.29) is 18.9 Å². The molecular formula is C16H26N2O4S. The fourth-order valence-electron chi connectivity index (χ4n) is 2.44. The van der Waals surface area contributed by atoms with Crippen molar-refractivity contribution in [3.63, 3.8) is 0 Å². The van der Waals surface area contributed by atoms with Gasteiger partial charge in [0.25, 0.3) is 0 Å². The summed E-state index contributed by atoms with van der Waals surface area (Å²) < 4.78 is 27.7. The third-order valence-electron chi connectivity index (χ3n) is 4.17. The number of hydroxylamine groups is 1. The van der Waals surface area contributed by atoms with E-state index in [1.807, 2.05) is 34.6 Å². The van der Waals surface area contributed by atoms with E-state index in [1.165, 1.54) is 0 Å². The van der Waals surface area contributed by atoms with Gasteiger partial charge in [0.05, 0.1) is 11.5 Å². The minimum Gasteiger partial charge on any atom is -0.274 e. The molecule has 0 heterocycles. The van der Waals surface area contributed by atoms with Crippen molar-refractivity contribution in [3.8, 4) is 0 Å². The van der Waals surface area contributed by atoms with Crippen LogP contribution in [0.1, 0.15) is 41.2 Å². The van der Waals surface area contributed by atoms with Crippen molar-refractivity contribution in [3.05, 3.63) is 27.8 Å². The summed E-state index contributed by atoms with van der Waals surface area (Å²) in [5.74, 6) is -0.362. The Bertz CT molecular complexity index is 668. The maximum absolute atomic E-state index is 12.6. The van der Waals surface area contributed by atoms with Gasteiger partial charge in [-0.3, -0.25) is 9.63 Å². The van der Waals surface area contributed by atoms with E-state index < -0.39 is 10.0 Å². The first-order chi connectivity index (χ1) is 10.6. The smallest absolute Gasteiger partial charge is 0.244 e. The number of benzene rings is 1. The van der Waals surface area contributed by atoms with Crippen LogP contribution in [0.4, 0.5) is 0 Å². The topological polar surface area (TPSA) is 84.5 Å². The molecule has 130 valence electrons. The van der Waals surface area contributed by atoms with Crippen LogP contribution in [-0.4, -0.2) is 27.5 Å². The Hall–Kier alpha value is -1.44. The normalized spacial score (nSPS) is 11.6. The molecule has 23 heavy (non-hydrogen) atoms. The summed E-state index contributed by atoms with van der Waals surface area (Å²) in [5, 5.41) is 0. The summed E-state index contributed by atoms with van der Waals surface area (Å²) in [7, 11) is -3.67. The van der Waals surface area contributed by atoms with Crippen molar-refractivity contribution in [1.29, 1.82) is 0 Å². The van der Waals surface area contributed by atoms with Crippen LogP contribution >= 0.6 is 0 Å². The highest BCUT2D eigenvalue weighted by atomic mass is 32.2. The van der Waals surface area contributed by atoms with Gasteiger partial charge in [0.15, 0.2) is 0 Å². The number of hydrogen-bond acceptors (Lipinski definition) is 4. The molecule has 1 amide bonds. The Morgan fingerprint density at radius 3 is 1.91 bits per heavy atom. The van der Waals surface area contributed by atoms with Crippen LogP contribution in [-0.2, 0) is 19.7 Å². The molecule has 2 N–H and O–H groups in total. The highest BCUT2D eigenvalue weighted by Gasteiger charge is 2.23. The molecule has 1 rings (SSSR count). The Morgan fingerprint density at radius 2 is 1.43 bits per heavy atom. The molecule has 0 saturated carbocycles. The SMILES string of the molecule is CCONC(=O)CCNS(=O)(=O)c1c(C)c(C)c(C)c(C)c1C. The highest BCUT2D eigenvalue weighted by molar-refractivity contribution is 7.89. The lowest BCUT2D eigenvalue weighted by Gasteiger charge is -2.19. The van der Waals surface area contributed by atoms with Crippen LogP contribution < -0.4 is 10.2 Å². The molecule has 0 aliphatic heterocycles. The minimum atomic E-state index is -3.67. The summed E-state index contributed by atoms with van der Waals surface area (Å²) in [6, 6.07) is 0. The molecule has 0 bridgehead atoms. The second-order valence-electron chi connectivity index (χ2n) is 5.56. The van der Waals surface area contributed by atoms with Crippen LogP contribution in [0.2, 0.25) is 0 Å². The van der Waals surface area contributed by atoms with Gasteiger partial charge < -0.3 is 0 Å². The number of carbonyl (C=O) groups is 1. The van der Waals surface area contributed by atoms with Crippen molar-refractivity contribution in [1.82, 2.24) is 10.2 Å². The van der Waals surface area contributed by atoms with E-state index >= 15 is 0 Å². The first-order valence-corrected chi connectivity index (χ1v) is 9.09. The van der Waals surface area contributed by atoms with Crippen molar-refractivity contribution >= 4 is 15.9 Å². The van der Waals surface area contributed by atoms with Crippen molar-refractivity contribution in [2.45, 2.75) is 52.9 Å². The zero-order chi connectivity index (χ0) is 17.8. The second kappa shape index (κ2) is 7.90.